The number of ether oxygens (including phenoxy) is 1. The number of hydrogen-bond donors (Lipinski definition) is 1. The molecule has 0 aromatic heterocycles. The van der Waals surface area contributed by atoms with Crippen LogP contribution in [0.5, 0.6) is 0 Å². The summed E-state index contributed by atoms with van der Waals surface area (Å²) in [6.45, 7) is 5.23. The van der Waals surface area contributed by atoms with Gasteiger partial charge in [-0.1, -0.05) is 6.92 Å². The lowest BCUT2D eigenvalue weighted by atomic mass is 9.98. The van der Waals surface area contributed by atoms with Crippen LogP contribution in [-0.4, -0.2) is 31.5 Å². The van der Waals surface area contributed by atoms with Crippen LogP contribution >= 0.6 is 0 Å². The fourth-order valence-electron chi connectivity index (χ4n) is 1.12. The first-order valence-corrected chi connectivity index (χ1v) is 4.58. The predicted octanol–water partition coefficient (Wildman–Crippen LogP) is 2.34. The Morgan fingerprint density at radius 1 is 1.29 bits per heavy atom. The van der Waals surface area contributed by atoms with Crippen LogP contribution in [0.15, 0.2) is 0 Å². The number of nitrogens with one attached hydrogen (secondary N) is 1. The lowest BCUT2D eigenvalue weighted by molar-refractivity contribution is -0.168. The molecule has 0 aliphatic rings. The molecule has 14 heavy (non-hydrogen) atoms. The molecule has 0 aliphatic carbocycles. The average Bonchev–Trinajstić information content (AvgIpc) is 2.02. The third-order valence-corrected chi connectivity index (χ3v) is 2.09. The zero-order valence-electron chi connectivity index (χ0n) is 9.03. The summed E-state index contributed by atoms with van der Waals surface area (Å²) in [6.07, 6.45) is -4.30. The van der Waals surface area contributed by atoms with Crippen molar-refractivity contribution in [1.29, 1.82) is 0 Å². The smallest absolute Gasteiger partial charge is 0.379 e. The van der Waals surface area contributed by atoms with Gasteiger partial charge in [0.05, 0.1) is 5.60 Å². The van der Waals surface area contributed by atoms with Crippen molar-refractivity contribution in [3.05, 3.63) is 0 Å². The summed E-state index contributed by atoms with van der Waals surface area (Å²) in [5.74, 6) is 0. The van der Waals surface area contributed by atoms with Gasteiger partial charge in [-0.15, -0.1) is 0 Å². The van der Waals surface area contributed by atoms with Gasteiger partial charge in [-0.3, -0.25) is 0 Å². The van der Waals surface area contributed by atoms with Crippen molar-refractivity contribution in [2.45, 2.75) is 45.0 Å². The molecule has 0 bridgehead atoms. The molecule has 0 aromatic carbocycles. The minimum atomic E-state index is -4.22. The number of methoxy groups -OCH3 is 1. The lowest BCUT2D eigenvalue weighted by Crippen LogP contribution is -2.47. The van der Waals surface area contributed by atoms with E-state index >= 15 is 0 Å². The predicted molar refractivity (Wildman–Crippen MR) is 49.2 cm³/mol. The van der Waals surface area contributed by atoms with Crippen LogP contribution < -0.4 is 5.32 Å². The Morgan fingerprint density at radius 2 is 1.79 bits per heavy atom. The van der Waals surface area contributed by atoms with Gasteiger partial charge in [0.25, 0.3) is 0 Å². The maximum Gasteiger partial charge on any atom is 0.403 e. The maximum atomic E-state index is 12.5. The zero-order chi connectivity index (χ0) is 11.4. The molecule has 86 valence electrons. The van der Waals surface area contributed by atoms with E-state index in [1.807, 2.05) is 0 Å². The van der Waals surface area contributed by atoms with E-state index in [1.165, 1.54) is 7.11 Å². The van der Waals surface area contributed by atoms with E-state index in [1.54, 1.807) is 20.8 Å². The molecule has 0 saturated carbocycles. The minimum Gasteiger partial charge on any atom is -0.379 e. The number of hydrogen-bond acceptors (Lipinski definition) is 2. The van der Waals surface area contributed by atoms with Crippen molar-refractivity contribution in [2.75, 3.05) is 13.7 Å². The summed E-state index contributed by atoms with van der Waals surface area (Å²) in [5.41, 5.74) is -0.762. The van der Waals surface area contributed by atoms with Gasteiger partial charge in [0.1, 0.15) is 6.04 Å². The number of rotatable bonds is 5. The quantitative estimate of drug-likeness (QED) is 0.756. The largest absolute Gasteiger partial charge is 0.403 e. The SMILES string of the molecule is CCNC(CC(C)(C)OC)C(F)(F)F. The van der Waals surface area contributed by atoms with Gasteiger partial charge in [-0.2, -0.15) is 13.2 Å². The van der Waals surface area contributed by atoms with Crippen molar-refractivity contribution in [3.63, 3.8) is 0 Å². The van der Waals surface area contributed by atoms with Gasteiger partial charge in [-0.25, -0.2) is 0 Å². The molecule has 0 amide bonds. The molecule has 0 saturated heterocycles. The Kier molecular flexibility index (Phi) is 4.88. The normalized spacial score (nSPS) is 15.6. The van der Waals surface area contributed by atoms with Gasteiger partial charge in [-0.05, 0) is 26.8 Å². The molecule has 1 atom stereocenters. The van der Waals surface area contributed by atoms with Crippen LogP contribution in [0.1, 0.15) is 27.2 Å². The molecule has 0 radical (unpaired) electrons. The van der Waals surface area contributed by atoms with E-state index in [2.05, 4.69) is 5.32 Å². The summed E-state index contributed by atoms with van der Waals surface area (Å²) < 4.78 is 42.3. The van der Waals surface area contributed by atoms with Gasteiger partial charge < -0.3 is 10.1 Å². The molecule has 0 spiro atoms. The first-order chi connectivity index (χ1) is 6.23. The monoisotopic (exact) mass is 213 g/mol. The molecular formula is C9H18F3NO. The van der Waals surface area contributed by atoms with E-state index in [9.17, 15) is 13.2 Å². The van der Waals surface area contributed by atoms with Crippen molar-refractivity contribution in [3.8, 4) is 0 Å². The lowest BCUT2D eigenvalue weighted by Gasteiger charge is -2.30. The van der Waals surface area contributed by atoms with Crippen LogP contribution in [0.4, 0.5) is 13.2 Å². The summed E-state index contributed by atoms with van der Waals surface area (Å²) in [5, 5.41) is 2.41. The second kappa shape index (κ2) is 4.98. The molecule has 0 heterocycles. The van der Waals surface area contributed by atoms with E-state index in [-0.39, 0.29) is 6.42 Å². The van der Waals surface area contributed by atoms with Crippen LogP contribution in [0.25, 0.3) is 0 Å². The van der Waals surface area contributed by atoms with Crippen molar-refractivity contribution in [1.82, 2.24) is 5.32 Å². The van der Waals surface area contributed by atoms with Crippen LogP contribution in [-0.2, 0) is 4.74 Å². The van der Waals surface area contributed by atoms with Crippen LogP contribution in [0.2, 0.25) is 0 Å². The molecule has 0 rings (SSSR count). The van der Waals surface area contributed by atoms with E-state index < -0.39 is 17.8 Å². The number of alkyl halides is 3. The Balaban J connectivity index is 4.38. The molecular weight excluding hydrogens is 195 g/mol. The average molecular weight is 213 g/mol. The van der Waals surface area contributed by atoms with Crippen molar-refractivity contribution in [2.24, 2.45) is 0 Å². The Labute approximate surface area is 82.8 Å². The molecule has 0 aromatic rings. The molecule has 1 N–H and O–H groups in total. The second-order valence-electron chi connectivity index (χ2n) is 3.82. The van der Waals surface area contributed by atoms with Gasteiger partial charge in [0.2, 0.25) is 0 Å². The van der Waals surface area contributed by atoms with Crippen LogP contribution in [0, 0.1) is 0 Å². The second-order valence-corrected chi connectivity index (χ2v) is 3.82. The first kappa shape index (κ1) is 13.7. The zero-order valence-corrected chi connectivity index (χ0v) is 9.03. The molecule has 1 unspecified atom stereocenters. The highest BCUT2D eigenvalue weighted by molar-refractivity contribution is 4.83. The Morgan fingerprint density at radius 3 is 2.07 bits per heavy atom. The minimum absolute atomic E-state index is 0.0825. The number of halogens is 3. The molecule has 0 aliphatic heterocycles. The highest BCUT2D eigenvalue weighted by Crippen LogP contribution is 2.27. The fourth-order valence-corrected chi connectivity index (χ4v) is 1.12. The summed E-state index contributed by atoms with van der Waals surface area (Å²) in [7, 11) is 1.42. The third-order valence-electron chi connectivity index (χ3n) is 2.09. The van der Waals surface area contributed by atoms with Gasteiger partial charge in [0.15, 0.2) is 0 Å². The van der Waals surface area contributed by atoms with E-state index in [4.69, 9.17) is 4.74 Å². The summed E-state index contributed by atoms with van der Waals surface area (Å²) >= 11 is 0. The topological polar surface area (TPSA) is 21.3 Å². The van der Waals surface area contributed by atoms with Gasteiger partial charge in [0, 0.05) is 7.11 Å². The first-order valence-electron chi connectivity index (χ1n) is 4.58. The molecule has 0 fully saturated rings. The Bertz CT molecular complexity index is 165. The third kappa shape index (κ3) is 4.81. The standard InChI is InChI=1S/C9H18F3NO/c1-5-13-7(9(10,11)12)6-8(2,3)14-4/h7,13H,5-6H2,1-4H3. The highest BCUT2D eigenvalue weighted by Gasteiger charge is 2.42. The van der Waals surface area contributed by atoms with Crippen molar-refractivity contribution < 1.29 is 17.9 Å². The molecule has 2 nitrogen and oxygen atoms in total. The van der Waals surface area contributed by atoms with E-state index in [0.717, 1.165) is 0 Å². The Hall–Kier alpha value is -0.290. The fraction of sp³-hybridized carbons (Fsp3) is 1.00. The highest BCUT2D eigenvalue weighted by atomic mass is 19.4. The summed E-state index contributed by atoms with van der Waals surface area (Å²) in [4.78, 5) is 0. The van der Waals surface area contributed by atoms with Crippen molar-refractivity contribution >= 4 is 0 Å². The van der Waals surface area contributed by atoms with Gasteiger partial charge >= 0.3 is 6.18 Å². The summed E-state index contributed by atoms with van der Waals surface area (Å²) in [6, 6.07) is -1.50. The van der Waals surface area contributed by atoms with E-state index in [0.29, 0.717) is 6.54 Å². The van der Waals surface area contributed by atoms with Crippen LogP contribution in [0.3, 0.4) is 0 Å². The molecule has 5 heteroatoms. The maximum absolute atomic E-state index is 12.5.